The van der Waals surface area contributed by atoms with Crippen LogP contribution in [0.4, 0.5) is 20.6 Å². The Balaban J connectivity index is 2.04. The molecule has 118 valence electrons. The number of hydrogen-bond acceptors (Lipinski definition) is 2. The fourth-order valence-corrected chi connectivity index (χ4v) is 1.97. The Morgan fingerprint density at radius 3 is 2.22 bits per heavy atom. The van der Waals surface area contributed by atoms with Gasteiger partial charge in [0.25, 0.3) is 0 Å². The molecule has 0 saturated heterocycles. The molecule has 0 aliphatic rings. The fraction of sp³-hybridized carbons (Fsp3) is 0.0588. The van der Waals surface area contributed by atoms with Crippen molar-refractivity contribution in [3.05, 3.63) is 66.0 Å². The fourth-order valence-electron chi connectivity index (χ4n) is 1.97. The van der Waals surface area contributed by atoms with Gasteiger partial charge in [-0.2, -0.15) is 0 Å². The van der Waals surface area contributed by atoms with Gasteiger partial charge in [-0.15, -0.1) is 0 Å². The van der Waals surface area contributed by atoms with E-state index >= 15 is 0 Å². The van der Waals surface area contributed by atoms with Crippen molar-refractivity contribution in [3.63, 3.8) is 0 Å². The van der Waals surface area contributed by atoms with Gasteiger partial charge >= 0.3 is 6.03 Å². The minimum absolute atomic E-state index is 0.331. The summed E-state index contributed by atoms with van der Waals surface area (Å²) in [7, 11) is 0. The number of halogens is 1. The van der Waals surface area contributed by atoms with E-state index in [1.165, 1.54) is 18.2 Å². The zero-order chi connectivity index (χ0) is 16.8. The number of benzene rings is 2. The van der Waals surface area contributed by atoms with Crippen LogP contribution in [0.1, 0.15) is 12.5 Å². The van der Waals surface area contributed by atoms with E-state index in [4.69, 9.17) is 5.73 Å². The quantitative estimate of drug-likeness (QED) is 0.756. The summed E-state index contributed by atoms with van der Waals surface area (Å²) in [6, 6.07) is 11.9. The molecule has 0 atom stereocenters. The first-order chi connectivity index (χ1) is 10.9. The molecule has 0 aliphatic heterocycles. The van der Waals surface area contributed by atoms with Crippen LogP contribution < -0.4 is 16.4 Å². The van der Waals surface area contributed by atoms with Gasteiger partial charge < -0.3 is 16.4 Å². The van der Waals surface area contributed by atoms with Crippen molar-refractivity contribution >= 4 is 28.9 Å². The van der Waals surface area contributed by atoms with Gasteiger partial charge in [-0.05, 0) is 54.5 Å². The van der Waals surface area contributed by atoms with Gasteiger partial charge in [0.05, 0.1) is 0 Å². The maximum absolute atomic E-state index is 13.2. The van der Waals surface area contributed by atoms with Crippen molar-refractivity contribution in [1.29, 1.82) is 0 Å². The summed E-state index contributed by atoms with van der Waals surface area (Å²) >= 11 is 0. The third-order valence-electron chi connectivity index (χ3n) is 3.05. The third kappa shape index (κ3) is 4.96. The minimum Gasteiger partial charge on any atom is -0.351 e. The molecular formula is C17H16FN3O2. The van der Waals surface area contributed by atoms with Gasteiger partial charge in [-0.25, -0.2) is 9.18 Å². The molecule has 6 heteroatoms. The number of primary amides is 1. The Kier molecular flexibility index (Phi) is 5.09. The Morgan fingerprint density at radius 1 is 1.04 bits per heavy atom. The van der Waals surface area contributed by atoms with Gasteiger partial charge in [0.15, 0.2) is 0 Å². The average molecular weight is 313 g/mol. The van der Waals surface area contributed by atoms with Crippen molar-refractivity contribution < 1.29 is 14.0 Å². The molecule has 0 bridgehead atoms. The SMILES string of the molecule is CC(=CC(=O)Nc1ccc(NC(N)=O)cc1)c1cccc(F)c1. The number of nitrogens with two attached hydrogens (primary N) is 1. The molecule has 2 aromatic rings. The van der Waals surface area contributed by atoms with Crippen LogP contribution in [0.3, 0.4) is 0 Å². The highest BCUT2D eigenvalue weighted by atomic mass is 19.1. The number of amides is 3. The molecule has 2 rings (SSSR count). The molecule has 2 aromatic carbocycles. The Labute approximate surface area is 133 Å². The number of carbonyl (C=O) groups excluding carboxylic acids is 2. The standard InChI is InChI=1S/C17H16FN3O2/c1-11(12-3-2-4-13(18)10-12)9-16(22)20-14-5-7-15(8-6-14)21-17(19)23/h2-10H,1H3,(H,20,22)(H3,19,21,23). The monoisotopic (exact) mass is 313 g/mol. The summed E-state index contributed by atoms with van der Waals surface area (Å²) in [5.41, 5.74) is 7.39. The van der Waals surface area contributed by atoms with Crippen molar-refractivity contribution in [1.82, 2.24) is 0 Å². The summed E-state index contributed by atoms with van der Waals surface area (Å²) in [5.74, 6) is -0.685. The molecule has 5 nitrogen and oxygen atoms in total. The lowest BCUT2D eigenvalue weighted by molar-refractivity contribution is -0.111. The number of allylic oxidation sites excluding steroid dienone is 1. The summed E-state index contributed by atoms with van der Waals surface area (Å²) < 4.78 is 13.2. The maximum Gasteiger partial charge on any atom is 0.316 e. The van der Waals surface area contributed by atoms with Crippen LogP contribution >= 0.6 is 0 Å². The van der Waals surface area contributed by atoms with Crippen LogP contribution in [0, 0.1) is 5.82 Å². The highest BCUT2D eigenvalue weighted by molar-refractivity contribution is 6.03. The Morgan fingerprint density at radius 2 is 1.65 bits per heavy atom. The lowest BCUT2D eigenvalue weighted by atomic mass is 10.1. The van der Waals surface area contributed by atoms with E-state index in [-0.39, 0.29) is 11.7 Å². The molecular weight excluding hydrogens is 297 g/mol. The lowest BCUT2D eigenvalue weighted by Gasteiger charge is -2.06. The van der Waals surface area contributed by atoms with Crippen LogP contribution in [-0.2, 0) is 4.79 Å². The molecule has 0 aromatic heterocycles. The van der Waals surface area contributed by atoms with Gasteiger partial charge in [-0.3, -0.25) is 4.79 Å². The van der Waals surface area contributed by atoms with E-state index in [0.717, 1.165) is 0 Å². The molecule has 0 radical (unpaired) electrons. The lowest BCUT2D eigenvalue weighted by Crippen LogP contribution is -2.19. The number of nitrogens with one attached hydrogen (secondary N) is 2. The predicted octanol–water partition coefficient (Wildman–Crippen LogP) is 3.36. The maximum atomic E-state index is 13.2. The second kappa shape index (κ2) is 7.22. The van der Waals surface area contributed by atoms with E-state index in [1.54, 1.807) is 43.3 Å². The topological polar surface area (TPSA) is 84.2 Å². The van der Waals surface area contributed by atoms with E-state index in [1.807, 2.05) is 0 Å². The first-order valence-corrected chi connectivity index (χ1v) is 6.86. The summed E-state index contributed by atoms with van der Waals surface area (Å²) in [4.78, 5) is 22.7. The summed E-state index contributed by atoms with van der Waals surface area (Å²) in [5, 5.41) is 5.11. The van der Waals surface area contributed by atoms with E-state index in [2.05, 4.69) is 10.6 Å². The number of rotatable bonds is 4. The van der Waals surface area contributed by atoms with Crippen LogP contribution in [0.15, 0.2) is 54.6 Å². The average Bonchev–Trinajstić information content (AvgIpc) is 2.48. The van der Waals surface area contributed by atoms with Crippen molar-refractivity contribution in [2.24, 2.45) is 5.73 Å². The predicted molar refractivity (Wildman–Crippen MR) is 88.3 cm³/mol. The van der Waals surface area contributed by atoms with Crippen molar-refractivity contribution in [2.75, 3.05) is 10.6 Å². The summed E-state index contributed by atoms with van der Waals surface area (Å²) in [6.45, 7) is 1.73. The van der Waals surface area contributed by atoms with Crippen molar-refractivity contribution in [3.8, 4) is 0 Å². The normalized spacial score (nSPS) is 11.0. The summed E-state index contributed by atoms with van der Waals surface area (Å²) in [6.07, 6.45) is 1.39. The molecule has 23 heavy (non-hydrogen) atoms. The van der Waals surface area contributed by atoms with Crippen LogP contribution in [0.25, 0.3) is 5.57 Å². The molecule has 3 amide bonds. The molecule has 0 fully saturated rings. The zero-order valence-corrected chi connectivity index (χ0v) is 12.5. The molecule has 0 spiro atoms. The van der Waals surface area contributed by atoms with Crippen LogP contribution in [0.5, 0.6) is 0 Å². The first-order valence-electron chi connectivity index (χ1n) is 6.86. The number of urea groups is 1. The number of anilines is 2. The van der Waals surface area contributed by atoms with E-state index in [9.17, 15) is 14.0 Å². The molecule has 0 heterocycles. The van der Waals surface area contributed by atoms with Crippen LogP contribution in [0.2, 0.25) is 0 Å². The largest absolute Gasteiger partial charge is 0.351 e. The molecule has 0 unspecified atom stereocenters. The number of hydrogen-bond donors (Lipinski definition) is 3. The highest BCUT2D eigenvalue weighted by Crippen LogP contribution is 2.16. The second-order valence-corrected chi connectivity index (χ2v) is 4.89. The first kappa shape index (κ1) is 16.2. The van der Waals surface area contributed by atoms with Gasteiger partial charge in [0, 0.05) is 17.5 Å². The van der Waals surface area contributed by atoms with Gasteiger partial charge in [-0.1, -0.05) is 12.1 Å². The molecule has 4 N–H and O–H groups in total. The number of carbonyl (C=O) groups is 2. The van der Waals surface area contributed by atoms with Crippen molar-refractivity contribution in [2.45, 2.75) is 6.92 Å². The third-order valence-corrected chi connectivity index (χ3v) is 3.05. The van der Waals surface area contributed by atoms with E-state index < -0.39 is 6.03 Å². The highest BCUT2D eigenvalue weighted by Gasteiger charge is 2.03. The smallest absolute Gasteiger partial charge is 0.316 e. The second-order valence-electron chi connectivity index (χ2n) is 4.89. The van der Waals surface area contributed by atoms with Gasteiger partial charge in [0.2, 0.25) is 5.91 Å². The Bertz CT molecular complexity index is 755. The Hall–Kier alpha value is -3.15. The van der Waals surface area contributed by atoms with Crippen LogP contribution in [-0.4, -0.2) is 11.9 Å². The molecule has 0 saturated carbocycles. The van der Waals surface area contributed by atoms with Gasteiger partial charge in [0.1, 0.15) is 5.82 Å². The minimum atomic E-state index is -0.657. The zero-order valence-electron chi connectivity index (χ0n) is 12.5. The molecule has 0 aliphatic carbocycles. The van der Waals surface area contributed by atoms with E-state index in [0.29, 0.717) is 22.5 Å².